The van der Waals surface area contributed by atoms with Crippen LogP contribution in [0, 0.1) is 12.8 Å². The van der Waals surface area contributed by atoms with E-state index in [4.69, 9.17) is 14.7 Å². The minimum Gasteiger partial charge on any atom is -0.379 e. The molecule has 1 saturated carbocycles. The summed E-state index contributed by atoms with van der Waals surface area (Å²) in [5, 5.41) is 4.56. The molecule has 6 heteroatoms. The average molecular weight is 353 g/mol. The van der Waals surface area contributed by atoms with Crippen LogP contribution < -0.4 is 5.32 Å². The Morgan fingerprint density at radius 1 is 1.42 bits per heavy atom. The molecule has 1 aliphatic carbocycles. The molecule has 1 N–H and O–H groups in total. The van der Waals surface area contributed by atoms with Gasteiger partial charge in [0.15, 0.2) is 5.96 Å². The highest BCUT2D eigenvalue weighted by molar-refractivity contribution is 7.11. The van der Waals surface area contributed by atoms with Gasteiger partial charge in [0, 0.05) is 44.6 Å². The van der Waals surface area contributed by atoms with Crippen molar-refractivity contribution < 1.29 is 4.74 Å². The van der Waals surface area contributed by atoms with Crippen molar-refractivity contribution in [1.82, 2.24) is 15.2 Å². The first-order chi connectivity index (χ1) is 11.6. The summed E-state index contributed by atoms with van der Waals surface area (Å²) in [7, 11) is 2.07. The standard InChI is InChI=1S/C18H32N4OS/c1-5-16-14(3)24-17(21-16)9-10-20-18(19-6-2)22(4)11-12-23-13-15-7-8-15/h15H,5-13H2,1-4H3,(H,19,20). The summed E-state index contributed by atoms with van der Waals surface area (Å²) in [6.45, 7) is 10.6. The van der Waals surface area contributed by atoms with Gasteiger partial charge in [-0.1, -0.05) is 6.92 Å². The second-order valence-corrected chi connectivity index (χ2v) is 7.68. The van der Waals surface area contributed by atoms with Crippen molar-refractivity contribution in [2.45, 2.75) is 46.5 Å². The van der Waals surface area contributed by atoms with Crippen molar-refractivity contribution >= 4 is 17.3 Å². The fourth-order valence-electron chi connectivity index (χ4n) is 2.49. The van der Waals surface area contributed by atoms with E-state index in [-0.39, 0.29) is 0 Å². The van der Waals surface area contributed by atoms with E-state index in [1.807, 2.05) is 0 Å². The summed E-state index contributed by atoms with van der Waals surface area (Å²) < 4.78 is 5.73. The predicted molar refractivity (Wildman–Crippen MR) is 102 cm³/mol. The molecule has 24 heavy (non-hydrogen) atoms. The number of thiazole rings is 1. The van der Waals surface area contributed by atoms with E-state index < -0.39 is 0 Å². The van der Waals surface area contributed by atoms with Crippen LogP contribution in [0.1, 0.15) is 42.3 Å². The molecule has 0 spiro atoms. The van der Waals surface area contributed by atoms with Crippen molar-refractivity contribution in [2.75, 3.05) is 39.9 Å². The zero-order valence-corrected chi connectivity index (χ0v) is 16.4. The number of nitrogens with one attached hydrogen (secondary N) is 1. The molecule has 0 saturated heterocycles. The Hall–Kier alpha value is -1.14. The molecule has 2 rings (SSSR count). The highest BCUT2D eigenvalue weighted by atomic mass is 32.1. The molecule has 1 heterocycles. The van der Waals surface area contributed by atoms with Gasteiger partial charge in [0.2, 0.25) is 0 Å². The Morgan fingerprint density at radius 3 is 2.83 bits per heavy atom. The number of hydrogen-bond acceptors (Lipinski definition) is 4. The van der Waals surface area contributed by atoms with Crippen LogP contribution in [0.15, 0.2) is 4.99 Å². The minimum atomic E-state index is 0.767. The third-order valence-electron chi connectivity index (χ3n) is 4.18. The van der Waals surface area contributed by atoms with Crippen LogP contribution in [0.4, 0.5) is 0 Å². The van der Waals surface area contributed by atoms with Crippen LogP contribution >= 0.6 is 11.3 Å². The first kappa shape index (κ1) is 19.2. The molecule has 0 aliphatic heterocycles. The highest BCUT2D eigenvalue weighted by Gasteiger charge is 2.21. The average Bonchev–Trinajstić information content (AvgIpc) is 3.32. The molecule has 0 amide bonds. The zero-order valence-electron chi connectivity index (χ0n) is 15.6. The molecule has 0 aromatic carbocycles. The van der Waals surface area contributed by atoms with Gasteiger partial charge in [-0.15, -0.1) is 11.3 Å². The second kappa shape index (κ2) is 9.99. The van der Waals surface area contributed by atoms with Crippen LogP contribution in [0.3, 0.4) is 0 Å². The Bertz CT molecular complexity index is 525. The number of ether oxygens (including phenoxy) is 1. The van der Waals surface area contributed by atoms with Crippen LogP contribution in [0.5, 0.6) is 0 Å². The van der Waals surface area contributed by atoms with E-state index in [2.05, 4.69) is 38.0 Å². The summed E-state index contributed by atoms with van der Waals surface area (Å²) in [5.74, 6) is 1.78. The van der Waals surface area contributed by atoms with E-state index in [0.717, 1.165) is 57.6 Å². The first-order valence-corrected chi connectivity index (χ1v) is 9.98. The lowest BCUT2D eigenvalue weighted by Crippen LogP contribution is -2.40. The lowest BCUT2D eigenvalue weighted by molar-refractivity contribution is 0.115. The fraction of sp³-hybridized carbons (Fsp3) is 0.778. The van der Waals surface area contributed by atoms with Crippen LogP contribution in [-0.2, 0) is 17.6 Å². The smallest absolute Gasteiger partial charge is 0.193 e. The summed E-state index contributed by atoms with van der Waals surface area (Å²) in [6.07, 6.45) is 4.61. The van der Waals surface area contributed by atoms with Gasteiger partial charge < -0.3 is 15.0 Å². The van der Waals surface area contributed by atoms with E-state index in [9.17, 15) is 0 Å². The van der Waals surface area contributed by atoms with Crippen LogP contribution in [-0.4, -0.2) is 55.7 Å². The van der Waals surface area contributed by atoms with Gasteiger partial charge in [0.1, 0.15) is 0 Å². The third-order valence-corrected chi connectivity index (χ3v) is 5.25. The quantitative estimate of drug-likeness (QED) is 0.400. The molecule has 1 aliphatic rings. The second-order valence-electron chi connectivity index (χ2n) is 6.39. The highest BCUT2D eigenvalue weighted by Crippen LogP contribution is 2.28. The molecule has 136 valence electrons. The lowest BCUT2D eigenvalue weighted by atomic mass is 10.3. The van der Waals surface area contributed by atoms with Crippen LogP contribution in [0.25, 0.3) is 0 Å². The molecule has 1 aromatic rings. The first-order valence-electron chi connectivity index (χ1n) is 9.16. The van der Waals surface area contributed by atoms with Gasteiger partial charge in [0.05, 0.1) is 17.3 Å². The summed E-state index contributed by atoms with van der Waals surface area (Å²) in [4.78, 5) is 12.9. The maximum Gasteiger partial charge on any atom is 0.193 e. The van der Waals surface area contributed by atoms with Gasteiger partial charge in [-0.05, 0) is 39.0 Å². The van der Waals surface area contributed by atoms with Gasteiger partial charge in [0.25, 0.3) is 0 Å². The number of aliphatic imine (C=N–C) groups is 1. The number of rotatable bonds is 10. The van der Waals surface area contributed by atoms with Gasteiger partial charge in [-0.2, -0.15) is 0 Å². The number of aryl methyl sites for hydroxylation is 2. The Kier molecular flexibility index (Phi) is 7.99. The van der Waals surface area contributed by atoms with Crippen molar-refractivity contribution in [2.24, 2.45) is 10.9 Å². The summed E-state index contributed by atoms with van der Waals surface area (Å²) >= 11 is 1.80. The zero-order chi connectivity index (χ0) is 17.4. The Labute approximate surface area is 150 Å². The van der Waals surface area contributed by atoms with Crippen LogP contribution in [0.2, 0.25) is 0 Å². The van der Waals surface area contributed by atoms with E-state index in [1.54, 1.807) is 11.3 Å². The van der Waals surface area contributed by atoms with Gasteiger partial charge >= 0.3 is 0 Å². The number of likely N-dealkylation sites (N-methyl/N-ethyl adjacent to an activating group) is 1. The fourth-order valence-corrected chi connectivity index (χ4v) is 3.50. The van der Waals surface area contributed by atoms with Crippen molar-refractivity contribution in [3.63, 3.8) is 0 Å². The molecule has 0 bridgehead atoms. The van der Waals surface area contributed by atoms with Crippen molar-refractivity contribution in [1.29, 1.82) is 0 Å². The molecule has 5 nitrogen and oxygen atoms in total. The largest absolute Gasteiger partial charge is 0.379 e. The van der Waals surface area contributed by atoms with Gasteiger partial charge in [-0.25, -0.2) is 4.98 Å². The van der Waals surface area contributed by atoms with Crippen molar-refractivity contribution in [3.05, 3.63) is 15.6 Å². The summed E-state index contributed by atoms with van der Waals surface area (Å²) in [6, 6.07) is 0. The van der Waals surface area contributed by atoms with Crippen molar-refractivity contribution in [3.8, 4) is 0 Å². The van der Waals surface area contributed by atoms with E-state index >= 15 is 0 Å². The lowest BCUT2D eigenvalue weighted by Gasteiger charge is -2.22. The SMILES string of the molecule is CCNC(=NCCc1nc(CC)c(C)s1)N(C)CCOCC1CC1. The minimum absolute atomic E-state index is 0.767. The van der Waals surface area contributed by atoms with E-state index in [0.29, 0.717) is 0 Å². The third kappa shape index (κ3) is 6.40. The Morgan fingerprint density at radius 2 is 2.21 bits per heavy atom. The predicted octanol–water partition coefficient (Wildman–Crippen LogP) is 2.88. The monoisotopic (exact) mass is 352 g/mol. The summed E-state index contributed by atoms with van der Waals surface area (Å²) in [5.41, 5.74) is 1.23. The molecule has 0 atom stereocenters. The molecular weight excluding hydrogens is 320 g/mol. The number of nitrogens with zero attached hydrogens (tertiary/aromatic N) is 3. The maximum atomic E-state index is 5.73. The molecular formula is C18H32N4OS. The topological polar surface area (TPSA) is 49.8 Å². The van der Waals surface area contributed by atoms with E-state index in [1.165, 1.54) is 28.4 Å². The number of hydrogen-bond donors (Lipinski definition) is 1. The number of guanidine groups is 1. The maximum absolute atomic E-state index is 5.73. The molecule has 1 fully saturated rings. The molecule has 0 radical (unpaired) electrons. The molecule has 0 unspecified atom stereocenters. The number of aromatic nitrogens is 1. The van der Waals surface area contributed by atoms with Gasteiger partial charge in [-0.3, -0.25) is 4.99 Å². The Balaban J connectivity index is 1.77. The normalized spacial score (nSPS) is 14.9. The molecule has 1 aromatic heterocycles.